The molecule has 0 amide bonds. The van der Waals surface area contributed by atoms with Gasteiger partial charge in [-0.3, -0.25) is 9.59 Å². The SMILES string of the molecule is COC(=O)C1(C(=O)OC)CC2=C(c3ccc(C#N)cc3)c3cc(C#N)ccc3C2=C(S(=O)(=O)c2ccc(C)cc2)C1. The molecule has 0 radical (unpaired) electrons. The second kappa shape index (κ2) is 10.2. The third kappa shape index (κ3) is 4.32. The monoisotopic (exact) mass is 564 g/mol. The van der Waals surface area contributed by atoms with Crippen LogP contribution in [-0.2, 0) is 28.9 Å². The van der Waals surface area contributed by atoms with Crippen LogP contribution in [0.15, 0.2) is 82.1 Å². The molecule has 2 aliphatic rings. The van der Waals surface area contributed by atoms with Crippen molar-refractivity contribution in [2.24, 2.45) is 5.41 Å². The molecule has 5 rings (SSSR count). The van der Waals surface area contributed by atoms with Crippen LogP contribution in [0.2, 0.25) is 0 Å². The van der Waals surface area contributed by atoms with Gasteiger partial charge in [0.1, 0.15) is 0 Å². The van der Waals surface area contributed by atoms with Crippen LogP contribution in [0.1, 0.15) is 46.2 Å². The standard InChI is InChI=1S/C32H24N2O6S/c1-19-4-11-23(12-5-19)41(37,38)27-16-32(30(35)39-2,31(36)40-3)15-26-28(22-9-6-20(17-33)7-10-22)25-14-21(18-34)8-13-24(25)29(26)27/h4-14H,15-16H2,1-3H3. The molecule has 2 aliphatic carbocycles. The van der Waals surface area contributed by atoms with Crippen molar-refractivity contribution in [1.29, 1.82) is 10.5 Å². The van der Waals surface area contributed by atoms with Crippen molar-refractivity contribution in [2.45, 2.75) is 24.7 Å². The molecular formula is C32H24N2O6S. The van der Waals surface area contributed by atoms with Gasteiger partial charge in [-0.25, -0.2) is 8.42 Å². The molecule has 0 saturated heterocycles. The third-order valence-electron chi connectivity index (χ3n) is 7.62. The Hall–Kier alpha value is -4.99. The number of methoxy groups -OCH3 is 2. The number of hydrogen-bond acceptors (Lipinski definition) is 8. The lowest BCUT2D eigenvalue weighted by atomic mass is 9.71. The number of allylic oxidation sites excluding steroid dienone is 3. The highest BCUT2D eigenvalue weighted by atomic mass is 32.2. The summed E-state index contributed by atoms with van der Waals surface area (Å²) in [5, 5.41) is 19.0. The molecule has 0 aromatic heterocycles. The van der Waals surface area contributed by atoms with Crippen LogP contribution in [0.25, 0.3) is 11.1 Å². The largest absolute Gasteiger partial charge is 0.468 e. The molecule has 0 spiro atoms. The fraction of sp³-hybridized carbons (Fsp3) is 0.188. The first-order valence-electron chi connectivity index (χ1n) is 12.6. The van der Waals surface area contributed by atoms with Crippen LogP contribution in [-0.4, -0.2) is 34.6 Å². The Bertz CT molecular complexity index is 1850. The Morgan fingerprint density at radius 1 is 0.780 bits per heavy atom. The van der Waals surface area contributed by atoms with E-state index >= 15 is 0 Å². The van der Waals surface area contributed by atoms with Crippen LogP contribution in [0, 0.1) is 35.0 Å². The van der Waals surface area contributed by atoms with E-state index in [0.29, 0.717) is 44.5 Å². The maximum Gasteiger partial charge on any atom is 0.323 e. The van der Waals surface area contributed by atoms with Gasteiger partial charge in [-0.15, -0.1) is 0 Å². The fourth-order valence-electron chi connectivity index (χ4n) is 5.60. The van der Waals surface area contributed by atoms with Gasteiger partial charge in [-0.1, -0.05) is 35.9 Å². The molecule has 9 heteroatoms. The molecule has 0 N–H and O–H groups in total. The molecule has 0 unspecified atom stereocenters. The van der Waals surface area contributed by atoms with Crippen LogP contribution >= 0.6 is 0 Å². The topological polar surface area (TPSA) is 134 Å². The van der Waals surface area contributed by atoms with Gasteiger partial charge >= 0.3 is 11.9 Å². The van der Waals surface area contributed by atoms with Crippen LogP contribution in [0.4, 0.5) is 0 Å². The molecule has 3 aromatic rings. The summed E-state index contributed by atoms with van der Waals surface area (Å²) in [6, 6.07) is 22.2. The third-order valence-corrected chi connectivity index (χ3v) is 9.51. The summed E-state index contributed by atoms with van der Waals surface area (Å²) < 4.78 is 38.8. The van der Waals surface area contributed by atoms with E-state index in [1.807, 2.05) is 6.92 Å². The second-order valence-corrected chi connectivity index (χ2v) is 11.9. The number of ether oxygens (including phenoxy) is 2. The minimum Gasteiger partial charge on any atom is -0.468 e. The van der Waals surface area contributed by atoms with Crippen molar-refractivity contribution in [1.82, 2.24) is 0 Å². The van der Waals surface area contributed by atoms with Crippen molar-refractivity contribution >= 4 is 32.9 Å². The summed E-state index contributed by atoms with van der Waals surface area (Å²) in [6.07, 6.45) is -0.665. The lowest BCUT2D eigenvalue weighted by Crippen LogP contribution is -2.44. The first-order valence-corrected chi connectivity index (χ1v) is 14.1. The van der Waals surface area contributed by atoms with Gasteiger partial charge in [0.25, 0.3) is 0 Å². The fourth-order valence-corrected chi connectivity index (χ4v) is 7.32. The van der Waals surface area contributed by atoms with Gasteiger partial charge in [-0.2, -0.15) is 10.5 Å². The van der Waals surface area contributed by atoms with E-state index in [4.69, 9.17) is 9.47 Å². The second-order valence-electron chi connectivity index (χ2n) is 9.95. The van der Waals surface area contributed by atoms with Gasteiger partial charge in [0.2, 0.25) is 9.84 Å². The maximum atomic E-state index is 14.3. The average molecular weight is 565 g/mol. The molecule has 3 aromatic carbocycles. The number of rotatable bonds is 5. The summed E-state index contributed by atoms with van der Waals surface area (Å²) in [7, 11) is -1.96. The Morgan fingerprint density at radius 3 is 1.93 bits per heavy atom. The van der Waals surface area contributed by atoms with E-state index in [-0.39, 0.29) is 16.2 Å². The number of carbonyl (C=O) groups excluding carboxylic acids is 2. The highest BCUT2D eigenvalue weighted by Gasteiger charge is 2.56. The van der Waals surface area contributed by atoms with Gasteiger partial charge in [-0.05, 0) is 71.2 Å². The van der Waals surface area contributed by atoms with Gasteiger partial charge < -0.3 is 9.47 Å². The summed E-state index contributed by atoms with van der Waals surface area (Å²) in [5.74, 6) is -1.83. The number of esters is 2. The summed E-state index contributed by atoms with van der Waals surface area (Å²) in [5.41, 5.74) is 2.81. The summed E-state index contributed by atoms with van der Waals surface area (Å²) in [6.45, 7) is 1.84. The molecular weight excluding hydrogens is 540 g/mol. The van der Waals surface area contributed by atoms with Crippen molar-refractivity contribution in [2.75, 3.05) is 14.2 Å². The van der Waals surface area contributed by atoms with Crippen LogP contribution in [0.5, 0.6) is 0 Å². The predicted molar refractivity (Wildman–Crippen MR) is 149 cm³/mol. The van der Waals surface area contributed by atoms with E-state index < -0.39 is 33.6 Å². The van der Waals surface area contributed by atoms with Crippen LogP contribution < -0.4 is 0 Å². The lowest BCUT2D eigenvalue weighted by molar-refractivity contribution is -0.169. The van der Waals surface area contributed by atoms with E-state index in [0.717, 1.165) is 19.8 Å². The Labute approximate surface area is 237 Å². The van der Waals surface area contributed by atoms with Gasteiger partial charge in [0, 0.05) is 18.4 Å². The highest BCUT2D eigenvalue weighted by molar-refractivity contribution is 7.95. The van der Waals surface area contributed by atoms with E-state index in [9.17, 15) is 28.5 Å². The molecule has 204 valence electrons. The molecule has 8 nitrogen and oxygen atoms in total. The van der Waals surface area contributed by atoms with Crippen LogP contribution in [0.3, 0.4) is 0 Å². The zero-order valence-electron chi connectivity index (χ0n) is 22.5. The first kappa shape index (κ1) is 27.6. The number of nitriles is 2. The Balaban J connectivity index is 1.93. The molecule has 0 saturated carbocycles. The Kier molecular flexibility index (Phi) is 6.86. The maximum absolute atomic E-state index is 14.3. The van der Waals surface area contributed by atoms with Crippen molar-refractivity contribution in [3.05, 3.63) is 111 Å². The predicted octanol–water partition coefficient (Wildman–Crippen LogP) is 4.87. The van der Waals surface area contributed by atoms with E-state index in [1.54, 1.807) is 54.6 Å². The lowest BCUT2D eigenvalue weighted by Gasteiger charge is -2.35. The quantitative estimate of drug-likeness (QED) is 0.317. The number of nitrogens with zero attached hydrogens (tertiary/aromatic N) is 2. The minimum absolute atomic E-state index is 0.0116. The number of benzene rings is 3. The van der Waals surface area contributed by atoms with Gasteiger partial charge in [0.05, 0.1) is 47.3 Å². The van der Waals surface area contributed by atoms with Crippen molar-refractivity contribution in [3.8, 4) is 12.1 Å². The summed E-state index contributed by atoms with van der Waals surface area (Å²) >= 11 is 0. The molecule has 0 atom stereocenters. The summed E-state index contributed by atoms with van der Waals surface area (Å²) in [4.78, 5) is 26.7. The average Bonchev–Trinajstić information content (AvgIpc) is 3.32. The minimum atomic E-state index is -4.24. The molecule has 0 bridgehead atoms. The number of fused-ring (bicyclic) bond motifs is 3. The highest BCUT2D eigenvalue weighted by Crippen LogP contribution is 2.57. The molecule has 0 heterocycles. The molecule has 0 aliphatic heterocycles. The first-order chi connectivity index (χ1) is 19.6. The van der Waals surface area contributed by atoms with Crippen molar-refractivity contribution in [3.63, 3.8) is 0 Å². The number of aryl methyl sites for hydroxylation is 1. The van der Waals surface area contributed by atoms with Gasteiger partial charge in [0.15, 0.2) is 5.41 Å². The van der Waals surface area contributed by atoms with Crippen molar-refractivity contribution < 1.29 is 27.5 Å². The molecule has 41 heavy (non-hydrogen) atoms. The molecule has 0 fully saturated rings. The zero-order valence-corrected chi connectivity index (χ0v) is 23.3. The zero-order chi connectivity index (χ0) is 29.5. The van der Waals surface area contributed by atoms with E-state index in [1.165, 1.54) is 12.1 Å². The normalized spacial score (nSPS) is 15.3. The number of hydrogen-bond donors (Lipinski definition) is 0. The van der Waals surface area contributed by atoms with E-state index in [2.05, 4.69) is 12.1 Å². The Morgan fingerprint density at radius 2 is 1.37 bits per heavy atom. The smallest absolute Gasteiger partial charge is 0.323 e. The number of carbonyl (C=O) groups is 2. The number of sulfone groups is 1.